The maximum absolute atomic E-state index is 12.7. The number of halogens is 1. The van der Waals surface area contributed by atoms with Crippen LogP contribution >= 0.6 is 11.6 Å². The molecule has 26 heavy (non-hydrogen) atoms. The third kappa shape index (κ3) is 3.33. The Morgan fingerprint density at radius 3 is 2.62 bits per heavy atom. The monoisotopic (exact) mass is 363 g/mol. The Hall–Kier alpha value is -2.72. The van der Waals surface area contributed by atoms with Gasteiger partial charge < -0.3 is 5.32 Å². The molecule has 0 aliphatic heterocycles. The number of aryl methyl sites for hydroxylation is 1. The van der Waals surface area contributed by atoms with Gasteiger partial charge in [-0.2, -0.15) is 0 Å². The van der Waals surface area contributed by atoms with Crippen molar-refractivity contribution in [2.45, 2.75) is 25.7 Å². The van der Waals surface area contributed by atoms with Crippen LogP contribution in [0.1, 0.15) is 39.6 Å². The summed E-state index contributed by atoms with van der Waals surface area (Å²) in [6, 6.07) is 17.5. The highest BCUT2D eigenvalue weighted by Gasteiger charge is 2.30. The Morgan fingerprint density at radius 2 is 1.85 bits per heavy atom. The third-order valence-electron chi connectivity index (χ3n) is 4.67. The number of aromatic nitrogens is 2. The number of hydrogen-bond acceptors (Lipinski definition) is 4. The molecule has 0 radical (unpaired) electrons. The van der Waals surface area contributed by atoms with Crippen molar-refractivity contribution in [3.63, 3.8) is 0 Å². The summed E-state index contributed by atoms with van der Waals surface area (Å²) in [5.74, 6) is 0.708. The van der Waals surface area contributed by atoms with E-state index in [1.807, 2.05) is 61.5 Å². The van der Waals surface area contributed by atoms with Crippen molar-refractivity contribution in [2.24, 2.45) is 0 Å². The fourth-order valence-electron chi connectivity index (χ4n) is 3.48. The number of ketones is 1. The molecule has 130 valence electrons. The predicted molar refractivity (Wildman–Crippen MR) is 103 cm³/mol. The van der Waals surface area contributed by atoms with Crippen LogP contribution in [0, 0.1) is 6.92 Å². The summed E-state index contributed by atoms with van der Waals surface area (Å²) in [6.45, 7) is 1.87. The standard InChI is InChI=1S/C21H18ClN3O/c1-13-20-18(25-21(23-13)24-17-8-3-2-4-9-17)11-15(12-19(20)26)14-6-5-7-16(22)10-14/h2-10,15H,11-12H2,1H3,(H,23,24,25)/t15-/m1/s1. The number of carbonyl (C=O) groups is 1. The van der Waals surface area contributed by atoms with Gasteiger partial charge in [-0.05, 0) is 49.1 Å². The Balaban J connectivity index is 1.68. The molecule has 0 saturated heterocycles. The lowest BCUT2D eigenvalue weighted by molar-refractivity contribution is 0.0962. The number of anilines is 2. The van der Waals surface area contributed by atoms with Crippen molar-refractivity contribution in [1.29, 1.82) is 0 Å². The number of hydrogen-bond donors (Lipinski definition) is 1. The number of Topliss-reactive ketones (excluding diaryl/α,β-unsaturated/α-hetero) is 1. The molecule has 2 aromatic carbocycles. The van der Waals surface area contributed by atoms with Crippen molar-refractivity contribution in [1.82, 2.24) is 9.97 Å². The van der Waals surface area contributed by atoms with Crippen molar-refractivity contribution >= 4 is 29.0 Å². The van der Waals surface area contributed by atoms with E-state index in [-0.39, 0.29) is 11.7 Å². The lowest BCUT2D eigenvalue weighted by Crippen LogP contribution is -2.22. The molecule has 0 spiro atoms. The summed E-state index contributed by atoms with van der Waals surface area (Å²) in [4.78, 5) is 21.8. The second-order valence-corrected chi connectivity index (χ2v) is 6.97. The van der Waals surface area contributed by atoms with E-state index in [0.717, 1.165) is 22.6 Å². The maximum atomic E-state index is 12.7. The minimum Gasteiger partial charge on any atom is -0.324 e. The largest absolute Gasteiger partial charge is 0.324 e. The number of nitrogens with one attached hydrogen (secondary N) is 1. The minimum absolute atomic E-state index is 0.0903. The van der Waals surface area contributed by atoms with Crippen LogP contribution < -0.4 is 5.32 Å². The summed E-state index contributed by atoms with van der Waals surface area (Å²) in [7, 11) is 0. The predicted octanol–water partition coefficient (Wildman–Crippen LogP) is 5.09. The Kier molecular flexibility index (Phi) is 4.43. The molecule has 4 rings (SSSR count). The zero-order valence-corrected chi connectivity index (χ0v) is 15.1. The Bertz CT molecular complexity index is 972. The average Bonchev–Trinajstić information content (AvgIpc) is 2.62. The number of nitrogens with zero attached hydrogens (tertiary/aromatic N) is 2. The first kappa shape index (κ1) is 16.7. The summed E-state index contributed by atoms with van der Waals surface area (Å²) in [6.07, 6.45) is 1.16. The fourth-order valence-corrected chi connectivity index (χ4v) is 3.68. The molecule has 1 heterocycles. The van der Waals surface area contributed by atoms with Crippen LogP contribution in [-0.2, 0) is 6.42 Å². The highest BCUT2D eigenvalue weighted by atomic mass is 35.5. The maximum Gasteiger partial charge on any atom is 0.227 e. The smallest absolute Gasteiger partial charge is 0.227 e. The topological polar surface area (TPSA) is 54.9 Å². The van der Waals surface area contributed by atoms with Gasteiger partial charge in [-0.25, -0.2) is 9.97 Å². The van der Waals surface area contributed by atoms with E-state index < -0.39 is 0 Å². The van der Waals surface area contributed by atoms with Gasteiger partial charge >= 0.3 is 0 Å². The van der Waals surface area contributed by atoms with Gasteiger partial charge in [0.05, 0.1) is 17.0 Å². The average molecular weight is 364 g/mol. The third-order valence-corrected chi connectivity index (χ3v) is 4.90. The van der Waals surface area contributed by atoms with Crippen LogP contribution in [0.4, 0.5) is 11.6 Å². The highest BCUT2D eigenvalue weighted by molar-refractivity contribution is 6.30. The van der Waals surface area contributed by atoms with Gasteiger partial charge in [-0.3, -0.25) is 4.79 Å². The van der Waals surface area contributed by atoms with E-state index in [1.54, 1.807) is 0 Å². The number of para-hydroxylation sites is 1. The molecular weight excluding hydrogens is 346 g/mol. The summed E-state index contributed by atoms with van der Waals surface area (Å²) in [5.41, 5.74) is 4.19. The Morgan fingerprint density at radius 1 is 1.04 bits per heavy atom. The van der Waals surface area contributed by atoms with Crippen molar-refractivity contribution in [2.75, 3.05) is 5.32 Å². The molecule has 4 nitrogen and oxygen atoms in total. The molecule has 1 aromatic heterocycles. The van der Waals surface area contributed by atoms with Gasteiger partial charge in [0.1, 0.15) is 0 Å². The first-order valence-corrected chi connectivity index (χ1v) is 8.96. The first-order valence-electron chi connectivity index (χ1n) is 8.58. The van der Waals surface area contributed by atoms with Crippen LogP contribution in [0.2, 0.25) is 5.02 Å². The van der Waals surface area contributed by atoms with E-state index >= 15 is 0 Å². The van der Waals surface area contributed by atoms with Crippen molar-refractivity contribution in [3.8, 4) is 0 Å². The fraction of sp³-hybridized carbons (Fsp3) is 0.190. The lowest BCUT2D eigenvalue weighted by Gasteiger charge is -2.24. The van der Waals surface area contributed by atoms with Crippen LogP contribution in [0.15, 0.2) is 54.6 Å². The molecule has 0 saturated carbocycles. The van der Waals surface area contributed by atoms with Crippen LogP contribution in [-0.4, -0.2) is 15.8 Å². The molecule has 3 aromatic rings. The number of fused-ring (bicyclic) bond motifs is 1. The molecule has 5 heteroatoms. The van der Waals surface area contributed by atoms with Crippen molar-refractivity contribution in [3.05, 3.63) is 82.1 Å². The zero-order chi connectivity index (χ0) is 18.1. The van der Waals surface area contributed by atoms with Gasteiger partial charge in [-0.1, -0.05) is 41.9 Å². The van der Waals surface area contributed by atoms with E-state index in [1.165, 1.54) is 0 Å². The van der Waals surface area contributed by atoms with Crippen LogP contribution in [0.5, 0.6) is 0 Å². The quantitative estimate of drug-likeness (QED) is 0.703. The second kappa shape index (κ2) is 6.89. The molecule has 1 aliphatic rings. The molecule has 1 N–H and O–H groups in total. The first-order chi connectivity index (χ1) is 12.6. The van der Waals surface area contributed by atoms with Crippen molar-refractivity contribution < 1.29 is 4.79 Å². The van der Waals surface area contributed by atoms with Gasteiger partial charge in [0.25, 0.3) is 0 Å². The lowest BCUT2D eigenvalue weighted by atomic mass is 9.81. The van der Waals surface area contributed by atoms with Crippen LogP contribution in [0.25, 0.3) is 0 Å². The SMILES string of the molecule is Cc1nc(Nc2ccccc2)nc2c1C(=O)C[C@H](c1cccc(Cl)c1)C2. The molecule has 0 fully saturated rings. The molecule has 1 atom stereocenters. The Labute approximate surface area is 157 Å². The van der Waals surface area contributed by atoms with E-state index in [2.05, 4.69) is 15.3 Å². The van der Waals surface area contributed by atoms with Gasteiger partial charge in [0.2, 0.25) is 5.95 Å². The van der Waals surface area contributed by atoms with E-state index in [0.29, 0.717) is 29.4 Å². The minimum atomic E-state index is 0.0903. The number of benzene rings is 2. The van der Waals surface area contributed by atoms with E-state index in [4.69, 9.17) is 11.6 Å². The molecule has 0 amide bonds. The molecular formula is C21H18ClN3O. The number of rotatable bonds is 3. The normalized spacial score (nSPS) is 16.2. The number of carbonyl (C=O) groups excluding carboxylic acids is 1. The molecule has 0 bridgehead atoms. The second-order valence-electron chi connectivity index (χ2n) is 6.53. The van der Waals surface area contributed by atoms with Crippen LogP contribution in [0.3, 0.4) is 0 Å². The summed E-state index contributed by atoms with van der Waals surface area (Å²) in [5, 5.41) is 3.90. The summed E-state index contributed by atoms with van der Waals surface area (Å²) >= 11 is 6.12. The highest BCUT2D eigenvalue weighted by Crippen LogP contribution is 2.34. The molecule has 1 aliphatic carbocycles. The van der Waals surface area contributed by atoms with Gasteiger partial charge in [-0.15, -0.1) is 0 Å². The van der Waals surface area contributed by atoms with Gasteiger partial charge in [0, 0.05) is 17.1 Å². The summed E-state index contributed by atoms with van der Waals surface area (Å²) < 4.78 is 0. The van der Waals surface area contributed by atoms with E-state index in [9.17, 15) is 4.79 Å². The molecule has 0 unspecified atom stereocenters. The zero-order valence-electron chi connectivity index (χ0n) is 14.4. The van der Waals surface area contributed by atoms with Gasteiger partial charge in [0.15, 0.2) is 5.78 Å².